The fourth-order valence-electron chi connectivity index (χ4n) is 3.84. The van der Waals surface area contributed by atoms with Crippen molar-refractivity contribution in [3.8, 4) is 0 Å². The molecule has 1 aliphatic heterocycles. The predicted molar refractivity (Wildman–Crippen MR) is 122 cm³/mol. The van der Waals surface area contributed by atoms with E-state index in [1.54, 1.807) is 20.8 Å². The summed E-state index contributed by atoms with van der Waals surface area (Å²) in [6.07, 6.45) is -0.624. The summed E-state index contributed by atoms with van der Waals surface area (Å²) in [7, 11) is 0. The zero-order valence-corrected chi connectivity index (χ0v) is 20.4. The summed E-state index contributed by atoms with van der Waals surface area (Å²) in [5.41, 5.74) is -1.13. The number of likely N-dealkylation sites (tertiary alicyclic amines) is 1. The molecule has 186 valence electrons. The first-order valence-electron chi connectivity index (χ1n) is 11.3. The highest BCUT2D eigenvalue weighted by Crippen LogP contribution is 2.21. The zero-order valence-electron chi connectivity index (χ0n) is 20.4. The van der Waals surface area contributed by atoms with Crippen LogP contribution < -0.4 is 10.6 Å². The molecule has 3 N–H and O–H groups in total. The standard InChI is InChI=1S/C24H37F2N3O4/c1-23(2,3)28-21(31)19-8-7-11-29(19)14-20(30)18(27-22(32)33-24(4,5)6)13-15-12-16(25)9-10-17(15)26/h9-10,12,18-20,30H,7-8,11,13-14H2,1-6H3,(H,27,32)(H,28,31)/t18-,19+,20+/m1/s1. The van der Waals surface area contributed by atoms with Gasteiger partial charge in [-0.1, -0.05) is 0 Å². The van der Waals surface area contributed by atoms with E-state index in [0.29, 0.717) is 13.0 Å². The van der Waals surface area contributed by atoms with Crippen molar-refractivity contribution in [2.45, 2.75) is 90.1 Å². The van der Waals surface area contributed by atoms with Gasteiger partial charge in [-0.25, -0.2) is 13.6 Å². The monoisotopic (exact) mass is 469 g/mol. The number of carbonyl (C=O) groups excluding carboxylic acids is 2. The number of rotatable bonds is 7. The molecule has 2 amide bonds. The zero-order chi connectivity index (χ0) is 25.0. The molecule has 1 aliphatic rings. The van der Waals surface area contributed by atoms with Gasteiger partial charge in [-0.05, 0) is 91.1 Å². The molecule has 0 radical (unpaired) electrons. The van der Waals surface area contributed by atoms with Gasteiger partial charge in [0.1, 0.15) is 17.2 Å². The van der Waals surface area contributed by atoms with E-state index in [1.165, 1.54) is 0 Å². The Labute approximate surface area is 194 Å². The van der Waals surface area contributed by atoms with Crippen molar-refractivity contribution in [2.75, 3.05) is 13.1 Å². The quantitative estimate of drug-likeness (QED) is 0.571. The molecule has 0 unspecified atom stereocenters. The number of halogens is 2. The van der Waals surface area contributed by atoms with Gasteiger partial charge in [-0.2, -0.15) is 0 Å². The van der Waals surface area contributed by atoms with Gasteiger partial charge in [-0.3, -0.25) is 9.69 Å². The molecular formula is C24H37F2N3O4. The summed E-state index contributed by atoms with van der Waals surface area (Å²) in [6, 6.07) is 1.69. The van der Waals surface area contributed by atoms with Crippen LogP contribution >= 0.6 is 0 Å². The number of β-amino-alcohol motifs (C(OH)–C–C–N with tert-alkyl or cyclic N) is 1. The Morgan fingerprint density at radius 2 is 1.88 bits per heavy atom. The minimum Gasteiger partial charge on any atom is -0.444 e. The SMILES string of the molecule is CC(C)(C)NC(=O)[C@@H]1CCCN1C[C@H](O)[C@@H](Cc1cc(F)ccc1F)NC(=O)OC(C)(C)C. The van der Waals surface area contributed by atoms with Gasteiger partial charge in [0.25, 0.3) is 0 Å². The summed E-state index contributed by atoms with van der Waals surface area (Å²) >= 11 is 0. The van der Waals surface area contributed by atoms with E-state index in [0.717, 1.165) is 24.6 Å². The predicted octanol–water partition coefficient (Wildman–Crippen LogP) is 3.14. The van der Waals surface area contributed by atoms with Crippen molar-refractivity contribution >= 4 is 12.0 Å². The number of amides is 2. The molecule has 33 heavy (non-hydrogen) atoms. The van der Waals surface area contributed by atoms with Gasteiger partial charge in [0.05, 0.1) is 18.2 Å². The molecule has 1 saturated heterocycles. The lowest BCUT2D eigenvalue weighted by atomic mass is 9.99. The van der Waals surface area contributed by atoms with Gasteiger partial charge in [0.15, 0.2) is 0 Å². The molecule has 0 aromatic heterocycles. The highest BCUT2D eigenvalue weighted by atomic mass is 19.1. The lowest BCUT2D eigenvalue weighted by molar-refractivity contribution is -0.127. The van der Waals surface area contributed by atoms with Crippen LogP contribution in [0.1, 0.15) is 59.9 Å². The minimum atomic E-state index is -1.15. The fraction of sp³-hybridized carbons (Fsp3) is 0.667. The highest BCUT2D eigenvalue weighted by Gasteiger charge is 2.35. The number of benzene rings is 1. The van der Waals surface area contributed by atoms with E-state index in [1.807, 2.05) is 25.7 Å². The van der Waals surface area contributed by atoms with Crippen LogP contribution in [0.25, 0.3) is 0 Å². The van der Waals surface area contributed by atoms with Crippen LogP contribution in [0, 0.1) is 11.6 Å². The molecule has 0 aliphatic carbocycles. The van der Waals surface area contributed by atoms with E-state index >= 15 is 0 Å². The van der Waals surface area contributed by atoms with Crippen LogP contribution in [0.4, 0.5) is 13.6 Å². The van der Waals surface area contributed by atoms with Crippen molar-refractivity contribution in [2.24, 2.45) is 0 Å². The first kappa shape index (κ1) is 27.0. The third-order valence-electron chi connectivity index (χ3n) is 5.20. The summed E-state index contributed by atoms with van der Waals surface area (Å²) in [5, 5.41) is 16.6. The molecule has 7 nitrogen and oxygen atoms in total. The molecule has 9 heteroatoms. The fourth-order valence-corrected chi connectivity index (χ4v) is 3.84. The third-order valence-corrected chi connectivity index (χ3v) is 5.20. The smallest absolute Gasteiger partial charge is 0.407 e. The lowest BCUT2D eigenvalue weighted by Gasteiger charge is -2.32. The number of hydrogen-bond donors (Lipinski definition) is 3. The summed E-state index contributed by atoms with van der Waals surface area (Å²) in [6.45, 7) is 11.5. The molecule has 0 saturated carbocycles. The summed E-state index contributed by atoms with van der Waals surface area (Å²) in [4.78, 5) is 27.0. The number of carbonyl (C=O) groups is 2. The first-order valence-corrected chi connectivity index (χ1v) is 11.3. The maximum atomic E-state index is 14.3. The second-order valence-corrected chi connectivity index (χ2v) is 10.7. The Morgan fingerprint density at radius 1 is 1.21 bits per heavy atom. The number of aliphatic hydroxyl groups excluding tert-OH is 1. The Kier molecular flexibility index (Phi) is 8.81. The van der Waals surface area contributed by atoms with Gasteiger partial charge in [0.2, 0.25) is 5.91 Å². The van der Waals surface area contributed by atoms with Crippen molar-refractivity contribution in [3.05, 3.63) is 35.4 Å². The maximum absolute atomic E-state index is 14.3. The average Bonchev–Trinajstić information content (AvgIpc) is 3.09. The number of hydrogen-bond acceptors (Lipinski definition) is 5. The van der Waals surface area contributed by atoms with Crippen molar-refractivity contribution in [3.63, 3.8) is 0 Å². The molecule has 1 fully saturated rings. The number of nitrogens with zero attached hydrogens (tertiary/aromatic N) is 1. The van der Waals surface area contributed by atoms with E-state index in [4.69, 9.17) is 4.74 Å². The van der Waals surface area contributed by atoms with Crippen molar-refractivity contribution in [1.29, 1.82) is 0 Å². The molecule has 1 aromatic carbocycles. The average molecular weight is 470 g/mol. The van der Waals surface area contributed by atoms with Crippen molar-refractivity contribution < 1.29 is 28.2 Å². The van der Waals surface area contributed by atoms with Crippen LogP contribution in [-0.4, -0.2) is 64.4 Å². The third kappa shape index (κ3) is 8.89. The van der Waals surface area contributed by atoms with Crippen LogP contribution in [0.3, 0.4) is 0 Å². The van der Waals surface area contributed by atoms with Gasteiger partial charge >= 0.3 is 6.09 Å². The molecule has 0 bridgehead atoms. The lowest BCUT2D eigenvalue weighted by Crippen LogP contribution is -2.54. The number of nitrogens with one attached hydrogen (secondary N) is 2. The number of aliphatic hydroxyl groups is 1. The van der Waals surface area contributed by atoms with Crippen molar-refractivity contribution in [1.82, 2.24) is 15.5 Å². The molecular weight excluding hydrogens is 432 g/mol. The maximum Gasteiger partial charge on any atom is 0.407 e. The summed E-state index contributed by atoms with van der Waals surface area (Å²) < 4.78 is 33.3. The molecule has 1 aromatic rings. The number of ether oxygens (including phenoxy) is 1. The Balaban J connectivity index is 2.17. The highest BCUT2D eigenvalue weighted by molar-refractivity contribution is 5.82. The first-order chi connectivity index (χ1) is 15.1. The van der Waals surface area contributed by atoms with Crippen LogP contribution in [0.2, 0.25) is 0 Å². The second-order valence-electron chi connectivity index (χ2n) is 10.7. The van der Waals surface area contributed by atoms with Gasteiger partial charge < -0.3 is 20.5 Å². The van der Waals surface area contributed by atoms with Gasteiger partial charge in [-0.15, -0.1) is 0 Å². The van der Waals surface area contributed by atoms with E-state index in [-0.39, 0.29) is 30.0 Å². The van der Waals surface area contributed by atoms with E-state index in [9.17, 15) is 23.5 Å². The van der Waals surface area contributed by atoms with Crippen LogP contribution in [0.15, 0.2) is 18.2 Å². The van der Waals surface area contributed by atoms with E-state index in [2.05, 4.69) is 10.6 Å². The molecule has 2 rings (SSSR count). The van der Waals surface area contributed by atoms with Crippen LogP contribution in [0.5, 0.6) is 0 Å². The Hall–Kier alpha value is -2.26. The normalized spacial score (nSPS) is 19.1. The molecule has 3 atom stereocenters. The molecule has 1 heterocycles. The largest absolute Gasteiger partial charge is 0.444 e. The van der Waals surface area contributed by atoms with Gasteiger partial charge in [0, 0.05) is 12.1 Å². The topological polar surface area (TPSA) is 90.9 Å². The number of alkyl carbamates (subject to hydrolysis) is 1. The second kappa shape index (κ2) is 10.8. The van der Waals surface area contributed by atoms with Crippen LogP contribution in [-0.2, 0) is 16.0 Å². The Morgan fingerprint density at radius 3 is 2.48 bits per heavy atom. The molecule has 0 spiro atoms. The Bertz CT molecular complexity index is 836. The van der Waals surface area contributed by atoms with E-state index < -0.39 is 41.5 Å². The summed E-state index contributed by atoms with van der Waals surface area (Å²) in [5.74, 6) is -1.38. The minimum absolute atomic E-state index is 0.0264.